The molecule has 3 aliphatic rings. The Hall–Kier alpha value is -0.0800. The van der Waals surface area contributed by atoms with Crippen LogP contribution in [0.5, 0.6) is 0 Å². The Balaban J connectivity index is 2.00. The third-order valence-corrected chi connectivity index (χ3v) is 6.45. The fraction of sp³-hybridized carbons (Fsp3) is 1.00. The molecule has 2 bridgehead atoms. The average molecular weight is 238 g/mol. The van der Waals surface area contributed by atoms with Crippen molar-refractivity contribution in [3.8, 4) is 0 Å². The second kappa shape index (κ2) is 3.27. The van der Waals surface area contributed by atoms with Crippen LogP contribution < -0.4 is 0 Å². The molecule has 0 aromatic heterocycles. The lowest BCUT2D eigenvalue weighted by molar-refractivity contribution is -0.144. The van der Waals surface area contributed by atoms with Crippen molar-refractivity contribution in [3.05, 3.63) is 0 Å². The van der Waals surface area contributed by atoms with Crippen molar-refractivity contribution in [1.29, 1.82) is 0 Å². The number of rotatable bonds is 0. The Kier molecular flexibility index (Phi) is 2.30. The molecule has 0 radical (unpaired) electrons. The Labute approximate surface area is 104 Å². The molecular formula is C15H26O2. The molecule has 0 heterocycles. The van der Waals surface area contributed by atoms with Crippen molar-refractivity contribution >= 4 is 0 Å². The smallest absolute Gasteiger partial charge is 0.0604 e. The summed E-state index contributed by atoms with van der Waals surface area (Å²) in [7, 11) is 0. The average Bonchev–Trinajstić information content (AvgIpc) is 2.41. The summed E-state index contributed by atoms with van der Waals surface area (Å²) in [6.45, 7) is 6.87. The summed E-state index contributed by atoms with van der Waals surface area (Å²) < 4.78 is 0. The maximum atomic E-state index is 10.6. The van der Waals surface area contributed by atoms with Gasteiger partial charge in [0.2, 0.25) is 0 Å². The molecule has 3 saturated carbocycles. The van der Waals surface area contributed by atoms with Crippen molar-refractivity contribution in [3.63, 3.8) is 0 Å². The third kappa shape index (κ3) is 1.40. The molecule has 17 heavy (non-hydrogen) atoms. The summed E-state index contributed by atoms with van der Waals surface area (Å²) in [6.07, 6.45) is 5.94. The van der Waals surface area contributed by atoms with Gasteiger partial charge in [0.1, 0.15) is 0 Å². The largest absolute Gasteiger partial charge is 0.393 e. The number of hydrogen-bond acceptors (Lipinski definition) is 2. The molecule has 5 atom stereocenters. The van der Waals surface area contributed by atoms with Crippen molar-refractivity contribution < 1.29 is 10.2 Å². The molecule has 0 aliphatic heterocycles. The molecule has 0 amide bonds. The van der Waals surface area contributed by atoms with Crippen LogP contribution in [0.4, 0.5) is 0 Å². The summed E-state index contributed by atoms with van der Waals surface area (Å²) in [5.74, 6) is 0.658. The fourth-order valence-corrected chi connectivity index (χ4v) is 5.56. The predicted octanol–water partition coefficient (Wildman–Crippen LogP) is 2.72. The highest BCUT2D eigenvalue weighted by Gasteiger charge is 2.64. The van der Waals surface area contributed by atoms with Crippen LogP contribution in [0.25, 0.3) is 0 Å². The lowest BCUT2D eigenvalue weighted by Crippen LogP contribution is -2.54. The van der Waals surface area contributed by atoms with Gasteiger partial charge in [-0.3, -0.25) is 0 Å². The second-order valence-corrected chi connectivity index (χ2v) is 7.92. The maximum absolute atomic E-state index is 10.6. The van der Waals surface area contributed by atoms with Gasteiger partial charge in [-0.1, -0.05) is 20.8 Å². The van der Waals surface area contributed by atoms with Crippen LogP contribution in [0.2, 0.25) is 0 Å². The minimum Gasteiger partial charge on any atom is -0.393 e. The minimum atomic E-state index is -0.148. The van der Waals surface area contributed by atoms with E-state index in [0.29, 0.717) is 5.92 Å². The molecule has 2 nitrogen and oxygen atoms in total. The lowest BCUT2D eigenvalue weighted by atomic mass is 9.49. The van der Waals surface area contributed by atoms with E-state index in [4.69, 9.17) is 0 Å². The SMILES string of the molecule is CC1(C)C[C@@H](O)[C@@]23CC[C@@H](O)[C@@](C)(CC[C@H]12)C3. The van der Waals surface area contributed by atoms with Gasteiger partial charge in [-0.25, -0.2) is 0 Å². The Morgan fingerprint density at radius 3 is 2.35 bits per heavy atom. The first-order valence-electron chi connectivity index (χ1n) is 7.16. The quantitative estimate of drug-likeness (QED) is 0.681. The van der Waals surface area contributed by atoms with Gasteiger partial charge in [0, 0.05) is 5.41 Å². The lowest BCUT2D eigenvalue weighted by Gasteiger charge is -2.57. The molecule has 2 heteroatoms. The van der Waals surface area contributed by atoms with E-state index in [1.54, 1.807) is 0 Å². The van der Waals surface area contributed by atoms with Gasteiger partial charge >= 0.3 is 0 Å². The van der Waals surface area contributed by atoms with Gasteiger partial charge in [-0.05, 0) is 55.3 Å². The van der Waals surface area contributed by atoms with Crippen molar-refractivity contribution in [2.75, 3.05) is 0 Å². The predicted molar refractivity (Wildman–Crippen MR) is 67.5 cm³/mol. The zero-order valence-corrected chi connectivity index (χ0v) is 11.4. The number of aliphatic hydroxyl groups excluding tert-OH is 2. The van der Waals surface area contributed by atoms with E-state index >= 15 is 0 Å². The summed E-state index contributed by atoms with van der Waals surface area (Å²) in [5, 5.41) is 20.8. The number of hydrogen-bond donors (Lipinski definition) is 2. The molecule has 3 rings (SSSR count). The van der Waals surface area contributed by atoms with E-state index in [-0.39, 0.29) is 28.5 Å². The van der Waals surface area contributed by atoms with E-state index in [1.807, 2.05) is 0 Å². The van der Waals surface area contributed by atoms with E-state index < -0.39 is 0 Å². The van der Waals surface area contributed by atoms with Gasteiger partial charge in [0.25, 0.3) is 0 Å². The minimum absolute atomic E-state index is 0.0656. The van der Waals surface area contributed by atoms with Crippen LogP contribution in [0.1, 0.15) is 59.3 Å². The van der Waals surface area contributed by atoms with Crippen LogP contribution in [-0.4, -0.2) is 22.4 Å². The zero-order valence-electron chi connectivity index (χ0n) is 11.4. The Morgan fingerprint density at radius 1 is 0.941 bits per heavy atom. The van der Waals surface area contributed by atoms with Gasteiger partial charge in [-0.15, -0.1) is 0 Å². The van der Waals surface area contributed by atoms with Crippen LogP contribution in [-0.2, 0) is 0 Å². The van der Waals surface area contributed by atoms with Crippen molar-refractivity contribution in [1.82, 2.24) is 0 Å². The summed E-state index contributed by atoms with van der Waals surface area (Å²) in [4.78, 5) is 0. The fourth-order valence-electron chi connectivity index (χ4n) is 5.56. The highest BCUT2D eigenvalue weighted by molar-refractivity contribution is 5.14. The van der Waals surface area contributed by atoms with E-state index in [9.17, 15) is 10.2 Å². The third-order valence-electron chi connectivity index (χ3n) is 6.45. The highest BCUT2D eigenvalue weighted by atomic mass is 16.3. The zero-order chi connectivity index (χ0) is 12.5. The topological polar surface area (TPSA) is 40.5 Å². The first-order valence-corrected chi connectivity index (χ1v) is 7.16. The standard InChI is InChI=1S/C15H26O2/c1-13(2)8-12(17)15-7-5-11(16)14(3,9-15)6-4-10(13)15/h10-12,16-17H,4-9H2,1-3H3/t10-,11-,12-,14+,15-/m1/s1. The van der Waals surface area contributed by atoms with Crippen LogP contribution in [0, 0.1) is 22.2 Å². The highest BCUT2D eigenvalue weighted by Crippen LogP contribution is 2.68. The van der Waals surface area contributed by atoms with E-state index in [0.717, 1.165) is 32.1 Å². The van der Waals surface area contributed by atoms with Gasteiger partial charge in [0.15, 0.2) is 0 Å². The van der Waals surface area contributed by atoms with Crippen molar-refractivity contribution in [2.45, 2.75) is 71.5 Å². The first kappa shape index (κ1) is 12.0. The summed E-state index contributed by atoms with van der Waals surface area (Å²) >= 11 is 0. The Morgan fingerprint density at radius 2 is 1.65 bits per heavy atom. The molecule has 3 aliphatic carbocycles. The number of fused-ring (bicyclic) bond motifs is 1. The normalized spacial score (nSPS) is 56.6. The van der Waals surface area contributed by atoms with E-state index in [1.165, 1.54) is 6.42 Å². The molecule has 0 aromatic carbocycles. The van der Waals surface area contributed by atoms with Gasteiger partial charge in [-0.2, -0.15) is 0 Å². The molecule has 98 valence electrons. The molecule has 0 aromatic rings. The monoisotopic (exact) mass is 238 g/mol. The van der Waals surface area contributed by atoms with Crippen molar-refractivity contribution in [2.24, 2.45) is 22.2 Å². The Bertz CT molecular complexity index is 338. The first-order chi connectivity index (χ1) is 7.80. The summed E-state index contributed by atoms with van der Waals surface area (Å²) in [6, 6.07) is 0. The molecule has 0 saturated heterocycles. The molecular weight excluding hydrogens is 212 g/mol. The molecule has 1 spiro atoms. The number of aliphatic hydroxyl groups is 2. The van der Waals surface area contributed by atoms with Crippen LogP contribution in [0.3, 0.4) is 0 Å². The molecule has 0 unspecified atom stereocenters. The van der Waals surface area contributed by atoms with Gasteiger partial charge < -0.3 is 10.2 Å². The molecule has 3 fully saturated rings. The second-order valence-electron chi connectivity index (χ2n) is 7.92. The van der Waals surface area contributed by atoms with Gasteiger partial charge in [0.05, 0.1) is 12.2 Å². The van der Waals surface area contributed by atoms with E-state index in [2.05, 4.69) is 20.8 Å². The van der Waals surface area contributed by atoms with Crippen LogP contribution in [0.15, 0.2) is 0 Å². The molecule has 2 N–H and O–H groups in total. The maximum Gasteiger partial charge on any atom is 0.0604 e. The van der Waals surface area contributed by atoms with Crippen LogP contribution >= 0.6 is 0 Å². The summed E-state index contributed by atoms with van der Waals surface area (Å²) in [5.41, 5.74) is 0.467.